The summed E-state index contributed by atoms with van der Waals surface area (Å²) in [5.41, 5.74) is 4.32. The topological polar surface area (TPSA) is 149 Å². The molecule has 3 aliphatic heterocycles. The van der Waals surface area contributed by atoms with Crippen molar-refractivity contribution in [1.29, 1.82) is 0 Å². The molecule has 3 aliphatic rings. The first-order valence-corrected chi connectivity index (χ1v) is 37.0. The molecule has 3 aromatic heterocycles. The van der Waals surface area contributed by atoms with Gasteiger partial charge in [0.1, 0.15) is 49.1 Å². The number of likely N-dealkylation sites (tertiary alicyclic amines) is 3. The quantitative estimate of drug-likeness (QED) is 0.0464. The number of alkyl halides is 9. The highest BCUT2D eigenvalue weighted by molar-refractivity contribution is 7.22. The monoisotopic (exact) mass is 1560 g/mol. The Balaban J connectivity index is 0.000000142. The van der Waals surface area contributed by atoms with Gasteiger partial charge in [-0.25, -0.2) is 0 Å². The minimum absolute atomic E-state index is 0.0493. The van der Waals surface area contributed by atoms with Gasteiger partial charge in [0.25, 0.3) is 0 Å². The molecule has 9 aromatic carbocycles. The Bertz CT molecular complexity index is 5170. The molecule has 107 heavy (non-hydrogen) atoms. The van der Waals surface area contributed by atoms with E-state index in [0.29, 0.717) is 135 Å². The average Bonchev–Trinajstić information content (AvgIpc) is 1.65. The fraction of sp³-hybridized carbons (Fsp3) is 0.222. The summed E-state index contributed by atoms with van der Waals surface area (Å²) in [6, 6.07) is 58.8. The second-order valence-electron chi connectivity index (χ2n) is 26.1. The summed E-state index contributed by atoms with van der Waals surface area (Å²) in [6.07, 6.45) is -10.4. The van der Waals surface area contributed by atoms with Crippen LogP contribution in [-0.2, 0) is 19.3 Å². The van der Waals surface area contributed by atoms with E-state index < -0.39 is 36.3 Å². The standard InChI is InChI=1S/2C27H21ClF3NO3S.C27H22F3NO3S/c28-19-5-3-17(4-6-19)24(34)26-25(22-10-7-20(33)13-23(22)36-26)35-21-8-1-16(2-9-21)11-12-32-14-18(15-32)27(29,30)31;28-22-4-2-1-3-20(22)24(34)26-25(21-10-7-18(33)13-23(21)36-26)35-19-8-5-16(6-9-19)11-12-32-14-17(15-32)27(29,30)31;28-27(29,30)19-15-31(16-19)13-12-17-6-9-21(10-7-17)34-25-22-11-8-20(32)14-23(22)35-26(25)24(33)18-4-2-1-3-5-18/h1-10,13,18,33H,11-12,14-15H2;1-10,13,17,33H,11-12,14-15H2;1-11,14,19,32H,12-13,15-16H2. The lowest BCUT2D eigenvalue weighted by Gasteiger charge is -2.40. The summed E-state index contributed by atoms with van der Waals surface area (Å²) in [4.78, 5) is 46.5. The minimum atomic E-state index is -4.12. The van der Waals surface area contributed by atoms with Crippen LogP contribution in [0.25, 0.3) is 30.3 Å². The molecule has 3 saturated heterocycles. The zero-order chi connectivity index (χ0) is 75.5. The lowest BCUT2D eigenvalue weighted by Crippen LogP contribution is -2.53. The molecule has 3 N–H and O–H groups in total. The third kappa shape index (κ3) is 18.2. The third-order valence-corrected chi connectivity index (χ3v) is 22.6. The number of aromatic hydroxyl groups is 3. The number of ether oxygens (including phenoxy) is 3. The molecule has 0 spiro atoms. The van der Waals surface area contributed by atoms with E-state index in [1.165, 1.54) is 40.1 Å². The molecule has 0 radical (unpaired) electrons. The van der Waals surface area contributed by atoms with Crippen LogP contribution in [0.2, 0.25) is 10.0 Å². The predicted molar refractivity (Wildman–Crippen MR) is 399 cm³/mol. The number of rotatable bonds is 21. The Labute approximate surface area is 629 Å². The van der Waals surface area contributed by atoms with E-state index >= 15 is 0 Å². The molecule has 6 heterocycles. The maximum absolute atomic E-state index is 13.4. The highest BCUT2D eigenvalue weighted by atomic mass is 35.5. The molecule has 0 atom stereocenters. The van der Waals surface area contributed by atoms with E-state index in [4.69, 9.17) is 37.4 Å². The van der Waals surface area contributed by atoms with Gasteiger partial charge in [-0.05, 0) is 163 Å². The van der Waals surface area contributed by atoms with Crippen molar-refractivity contribution < 1.29 is 83.4 Å². The Kier molecular flexibility index (Phi) is 22.7. The number of hydrogen-bond donors (Lipinski definition) is 3. The van der Waals surface area contributed by atoms with Gasteiger partial charge in [-0.15, -0.1) is 34.0 Å². The first kappa shape index (κ1) is 75.7. The van der Waals surface area contributed by atoms with Crippen LogP contribution in [0.15, 0.2) is 206 Å². The molecule has 0 bridgehead atoms. The normalized spacial score (nSPS) is 14.7. The summed E-state index contributed by atoms with van der Waals surface area (Å²) >= 11 is 15.9. The molecule has 552 valence electrons. The number of carbonyl (C=O) groups is 3. The minimum Gasteiger partial charge on any atom is -0.508 e. The molecule has 0 amide bonds. The number of halogens is 11. The van der Waals surface area contributed by atoms with E-state index in [0.717, 1.165) is 26.8 Å². The number of ketones is 3. The van der Waals surface area contributed by atoms with Crippen molar-refractivity contribution in [3.63, 3.8) is 0 Å². The number of phenolic OH excluding ortho intramolecular Hbond substituents is 3. The molecule has 0 unspecified atom stereocenters. The molecular formula is C81H64Cl2F9N3O9S3. The molecular weight excluding hydrogens is 1500 g/mol. The van der Waals surface area contributed by atoms with Gasteiger partial charge in [-0.3, -0.25) is 14.4 Å². The Morgan fingerprint density at radius 1 is 0.383 bits per heavy atom. The van der Waals surface area contributed by atoms with Crippen molar-refractivity contribution in [2.24, 2.45) is 17.8 Å². The van der Waals surface area contributed by atoms with E-state index in [9.17, 15) is 69.2 Å². The van der Waals surface area contributed by atoms with Crippen molar-refractivity contribution in [2.45, 2.75) is 37.8 Å². The van der Waals surface area contributed by atoms with Gasteiger partial charge in [0, 0.05) is 111 Å². The van der Waals surface area contributed by atoms with Crippen LogP contribution in [0.3, 0.4) is 0 Å². The summed E-state index contributed by atoms with van der Waals surface area (Å²) in [5, 5.41) is 32.7. The molecule has 0 aliphatic carbocycles. The second-order valence-corrected chi connectivity index (χ2v) is 30.1. The smallest absolute Gasteiger partial charge is 0.394 e. The number of nitrogens with zero attached hydrogens (tertiary/aromatic N) is 3. The molecule has 0 saturated carbocycles. The third-order valence-electron chi connectivity index (χ3n) is 18.6. The first-order chi connectivity index (χ1) is 51.1. The number of benzene rings is 9. The highest BCUT2D eigenvalue weighted by Crippen LogP contribution is 2.47. The van der Waals surface area contributed by atoms with Crippen LogP contribution in [-0.4, -0.2) is 125 Å². The van der Waals surface area contributed by atoms with E-state index in [1.807, 2.05) is 42.5 Å². The fourth-order valence-electron chi connectivity index (χ4n) is 12.4. The zero-order valence-electron chi connectivity index (χ0n) is 56.4. The lowest BCUT2D eigenvalue weighted by atomic mass is 9.99. The number of carbonyl (C=O) groups excluding carboxylic acids is 3. The molecule has 3 fully saturated rings. The fourth-order valence-corrected chi connectivity index (χ4v) is 16.1. The highest BCUT2D eigenvalue weighted by Gasteiger charge is 2.49. The van der Waals surface area contributed by atoms with Gasteiger partial charge in [0.15, 0.2) is 17.2 Å². The number of thiophene rings is 3. The molecule has 15 rings (SSSR count). The van der Waals surface area contributed by atoms with Crippen LogP contribution >= 0.6 is 57.2 Å². The molecule has 12 nitrogen and oxygen atoms in total. The number of hydrogen-bond acceptors (Lipinski definition) is 15. The largest absolute Gasteiger partial charge is 0.508 e. The van der Waals surface area contributed by atoms with Gasteiger partial charge in [0.05, 0.1) is 22.8 Å². The van der Waals surface area contributed by atoms with Crippen molar-refractivity contribution in [1.82, 2.24) is 14.7 Å². The maximum Gasteiger partial charge on any atom is 0.394 e. The number of phenols is 3. The maximum atomic E-state index is 13.4. The van der Waals surface area contributed by atoms with Crippen molar-refractivity contribution in [3.05, 3.63) is 264 Å². The Hall–Kier alpha value is -9.50. The first-order valence-electron chi connectivity index (χ1n) is 33.8. The van der Waals surface area contributed by atoms with E-state index in [2.05, 4.69) is 0 Å². The van der Waals surface area contributed by atoms with Crippen LogP contribution in [0, 0.1) is 17.8 Å². The predicted octanol–water partition coefficient (Wildman–Crippen LogP) is 21.3. The van der Waals surface area contributed by atoms with Gasteiger partial charge >= 0.3 is 18.5 Å². The van der Waals surface area contributed by atoms with Crippen LogP contribution in [0.5, 0.6) is 51.7 Å². The van der Waals surface area contributed by atoms with Crippen LogP contribution in [0.4, 0.5) is 39.5 Å². The van der Waals surface area contributed by atoms with Crippen LogP contribution in [0.1, 0.15) is 62.4 Å². The van der Waals surface area contributed by atoms with Crippen molar-refractivity contribution >= 4 is 105 Å². The van der Waals surface area contributed by atoms with Crippen molar-refractivity contribution in [2.75, 3.05) is 58.9 Å². The zero-order valence-corrected chi connectivity index (χ0v) is 60.3. The van der Waals surface area contributed by atoms with Crippen LogP contribution < -0.4 is 14.2 Å². The summed E-state index contributed by atoms with van der Waals surface area (Å²) in [7, 11) is 0. The number of fused-ring (bicyclic) bond motifs is 3. The Morgan fingerprint density at radius 2 is 0.692 bits per heavy atom. The van der Waals surface area contributed by atoms with Gasteiger partial charge in [0.2, 0.25) is 17.3 Å². The summed E-state index contributed by atoms with van der Waals surface area (Å²) in [6.45, 7) is 2.01. The Morgan fingerprint density at radius 3 is 1.02 bits per heavy atom. The van der Waals surface area contributed by atoms with E-state index in [-0.39, 0.29) is 73.9 Å². The summed E-state index contributed by atoms with van der Waals surface area (Å²) in [5.74, 6) is -1.23. The van der Waals surface area contributed by atoms with Crippen molar-refractivity contribution in [3.8, 4) is 51.7 Å². The van der Waals surface area contributed by atoms with Gasteiger partial charge < -0.3 is 44.2 Å². The molecule has 12 aromatic rings. The molecule has 26 heteroatoms. The lowest BCUT2D eigenvalue weighted by molar-refractivity contribution is -0.209. The van der Waals surface area contributed by atoms with Gasteiger partial charge in [-0.1, -0.05) is 102 Å². The van der Waals surface area contributed by atoms with E-state index in [1.54, 1.807) is 172 Å². The second kappa shape index (κ2) is 32.1. The van der Waals surface area contributed by atoms with Gasteiger partial charge in [-0.2, -0.15) is 39.5 Å². The average molecular weight is 1560 g/mol. The summed E-state index contributed by atoms with van der Waals surface area (Å²) < 4.78 is 135. The SMILES string of the molecule is O=C(c1ccc(Cl)cc1)c1sc2cc(O)ccc2c1Oc1ccc(CCN2CC(C(F)(F)F)C2)cc1.O=C(c1ccccc1)c1sc2cc(O)ccc2c1Oc1ccc(CCN2CC(C(F)(F)F)C2)cc1.O=C(c1ccccc1Cl)c1sc2cc(O)ccc2c1Oc1ccc(CCN2CC(C(F)(F)F)C2)cc1.